The Morgan fingerprint density at radius 1 is 1.62 bits per heavy atom. The highest BCUT2D eigenvalue weighted by Crippen LogP contribution is 2.36. The molecule has 0 aliphatic rings. The first kappa shape index (κ1) is 11.0. The Hall–Kier alpha value is -0.0500. The second kappa shape index (κ2) is 4.45. The molecule has 0 aromatic carbocycles. The first-order chi connectivity index (χ1) is 6.07. The quantitative estimate of drug-likeness (QED) is 0.819. The summed E-state index contributed by atoms with van der Waals surface area (Å²) < 4.78 is 0. The van der Waals surface area contributed by atoms with Crippen LogP contribution in [0.2, 0.25) is 5.02 Å². The van der Waals surface area contributed by atoms with E-state index in [0.717, 1.165) is 21.9 Å². The van der Waals surface area contributed by atoms with Gasteiger partial charge in [-0.05, 0) is 23.8 Å². The average Bonchev–Trinajstić information content (AvgIpc) is 2.45. The topological polar surface area (TPSA) is 20.2 Å². The van der Waals surface area contributed by atoms with E-state index in [1.54, 1.807) is 11.3 Å². The largest absolute Gasteiger partial charge is 0.387 e. The number of rotatable bonds is 3. The summed E-state index contributed by atoms with van der Waals surface area (Å²) in [5.41, 5.74) is 1.06. The van der Waals surface area contributed by atoms with Crippen molar-refractivity contribution < 1.29 is 5.11 Å². The predicted octanol–water partition coefficient (Wildman–Crippen LogP) is 3.79. The molecule has 0 bridgehead atoms. The summed E-state index contributed by atoms with van der Waals surface area (Å²) >= 11 is 7.60. The highest BCUT2D eigenvalue weighted by molar-refractivity contribution is 7.10. The van der Waals surface area contributed by atoms with Crippen LogP contribution in [0.1, 0.15) is 36.8 Å². The fourth-order valence-electron chi connectivity index (χ4n) is 1.13. The Bertz CT molecular complexity index is 282. The number of aryl methyl sites for hydroxylation is 1. The smallest absolute Gasteiger partial charge is 0.0922 e. The molecule has 1 N–H and O–H groups in total. The molecule has 0 aliphatic carbocycles. The lowest BCUT2D eigenvalue weighted by molar-refractivity contribution is 0.119. The van der Waals surface area contributed by atoms with Crippen LogP contribution in [-0.2, 0) is 0 Å². The van der Waals surface area contributed by atoms with Crippen LogP contribution in [0.5, 0.6) is 0 Å². The molecule has 1 aromatic heterocycles. The minimum Gasteiger partial charge on any atom is -0.387 e. The van der Waals surface area contributed by atoms with Gasteiger partial charge in [0.25, 0.3) is 0 Å². The lowest BCUT2D eigenvalue weighted by Gasteiger charge is -2.15. The van der Waals surface area contributed by atoms with Gasteiger partial charge in [-0.2, -0.15) is 0 Å². The SMILES string of the molecule is CCC(C)C(O)c1scc(C)c1Cl. The first-order valence-corrected chi connectivity index (χ1v) is 5.75. The van der Waals surface area contributed by atoms with E-state index in [0.29, 0.717) is 0 Å². The van der Waals surface area contributed by atoms with Crippen LogP contribution in [0, 0.1) is 12.8 Å². The summed E-state index contributed by atoms with van der Waals surface area (Å²) in [7, 11) is 0. The third kappa shape index (κ3) is 2.25. The van der Waals surface area contributed by atoms with Crippen LogP contribution < -0.4 is 0 Å². The van der Waals surface area contributed by atoms with E-state index in [2.05, 4.69) is 6.92 Å². The molecule has 0 fully saturated rings. The lowest BCUT2D eigenvalue weighted by atomic mass is 10.0. The van der Waals surface area contributed by atoms with Crippen molar-refractivity contribution in [2.45, 2.75) is 33.3 Å². The van der Waals surface area contributed by atoms with Gasteiger partial charge in [0.05, 0.1) is 16.0 Å². The Morgan fingerprint density at radius 3 is 2.62 bits per heavy atom. The zero-order valence-electron chi connectivity index (χ0n) is 8.17. The van der Waals surface area contributed by atoms with Gasteiger partial charge in [0.1, 0.15) is 0 Å². The van der Waals surface area contributed by atoms with Gasteiger partial charge in [-0.3, -0.25) is 0 Å². The van der Waals surface area contributed by atoms with Crippen LogP contribution >= 0.6 is 22.9 Å². The molecule has 0 spiro atoms. The maximum absolute atomic E-state index is 9.91. The molecule has 1 aromatic rings. The fraction of sp³-hybridized carbons (Fsp3) is 0.600. The van der Waals surface area contributed by atoms with Crippen LogP contribution in [-0.4, -0.2) is 5.11 Å². The minimum atomic E-state index is -0.406. The molecule has 74 valence electrons. The number of thiophene rings is 1. The third-order valence-electron chi connectivity index (χ3n) is 2.38. The van der Waals surface area contributed by atoms with Gasteiger partial charge >= 0.3 is 0 Å². The van der Waals surface area contributed by atoms with Crippen LogP contribution in [0.3, 0.4) is 0 Å². The molecule has 0 saturated carbocycles. The summed E-state index contributed by atoms with van der Waals surface area (Å²) in [5, 5.41) is 12.6. The van der Waals surface area contributed by atoms with Gasteiger partial charge in [-0.15, -0.1) is 11.3 Å². The van der Waals surface area contributed by atoms with Crippen molar-refractivity contribution in [2.24, 2.45) is 5.92 Å². The molecule has 0 aliphatic heterocycles. The molecule has 1 heterocycles. The van der Waals surface area contributed by atoms with Gasteiger partial charge in [0.15, 0.2) is 0 Å². The van der Waals surface area contributed by atoms with E-state index in [-0.39, 0.29) is 5.92 Å². The standard InChI is InChI=1S/C10H15ClOS/c1-4-6(2)9(12)10-8(11)7(3)5-13-10/h5-6,9,12H,4H2,1-3H3. The number of aliphatic hydroxyl groups excluding tert-OH is 1. The Morgan fingerprint density at radius 2 is 2.23 bits per heavy atom. The van der Waals surface area contributed by atoms with E-state index < -0.39 is 6.10 Å². The predicted molar refractivity (Wildman–Crippen MR) is 58.5 cm³/mol. The van der Waals surface area contributed by atoms with Gasteiger partial charge in [0.2, 0.25) is 0 Å². The van der Waals surface area contributed by atoms with E-state index in [1.165, 1.54) is 0 Å². The lowest BCUT2D eigenvalue weighted by Crippen LogP contribution is -2.06. The van der Waals surface area contributed by atoms with Crippen molar-refractivity contribution in [3.63, 3.8) is 0 Å². The number of aliphatic hydroxyl groups is 1. The van der Waals surface area contributed by atoms with Crippen molar-refractivity contribution in [2.75, 3.05) is 0 Å². The fourth-order valence-corrected chi connectivity index (χ4v) is 2.55. The molecule has 0 radical (unpaired) electrons. The van der Waals surface area contributed by atoms with Crippen LogP contribution in [0.15, 0.2) is 5.38 Å². The van der Waals surface area contributed by atoms with E-state index in [9.17, 15) is 5.11 Å². The molecule has 1 nitrogen and oxygen atoms in total. The number of halogens is 1. The van der Waals surface area contributed by atoms with Crippen molar-refractivity contribution in [3.05, 3.63) is 20.8 Å². The van der Waals surface area contributed by atoms with Crippen molar-refractivity contribution in [1.82, 2.24) is 0 Å². The monoisotopic (exact) mass is 218 g/mol. The summed E-state index contributed by atoms with van der Waals surface area (Å²) in [4.78, 5) is 0.911. The molecule has 0 amide bonds. The van der Waals surface area contributed by atoms with Crippen LogP contribution in [0.4, 0.5) is 0 Å². The average molecular weight is 219 g/mol. The molecule has 2 unspecified atom stereocenters. The maximum Gasteiger partial charge on any atom is 0.0922 e. The highest BCUT2D eigenvalue weighted by atomic mass is 35.5. The molecule has 0 saturated heterocycles. The normalized spacial score (nSPS) is 15.8. The maximum atomic E-state index is 9.91. The van der Waals surface area contributed by atoms with Crippen molar-refractivity contribution in [3.8, 4) is 0 Å². The Balaban J connectivity index is 2.88. The van der Waals surface area contributed by atoms with Gasteiger partial charge in [-0.25, -0.2) is 0 Å². The minimum absolute atomic E-state index is 0.274. The highest BCUT2D eigenvalue weighted by Gasteiger charge is 2.19. The second-order valence-electron chi connectivity index (χ2n) is 3.43. The summed E-state index contributed by atoms with van der Waals surface area (Å²) in [5.74, 6) is 0.274. The summed E-state index contributed by atoms with van der Waals surface area (Å²) in [6.07, 6.45) is 0.560. The number of hydrogen-bond acceptors (Lipinski definition) is 2. The summed E-state index contributed by atoms with van der Waals surface area (Å²) in [6.45, 7) is 6.07. The summed E-state index contributed by atoms with van der Waals surface area (Å²) in [6, 6.07) is 0. The number of hydrogen-bond donors (Lipinski definition) is 1. The first-order valence-electron chi connectivity index (χ1n) is 4.49. The molecule has 1 rings (SSSR count). The molecule has 2 atom stereocenters. The second-order valence-corrected chi connectivity index (χ2v) is 4.72. The van der Waals surface area contributed by atoms with Gasteiger partial charge < -0.3 is 5.11 Å². The zero-order chi connectivity index (χ0) is 10.0. The Labute approximate surface area is 88.4 Å². The molecule has 3 heteroatoms. The van der Waals surface area contributed by atoms with Crippen molar-refractivity contribution >= 4 is 22.9 Å². The third-order valence-corrected chi connectivity index (χ3v) is 4.16. The molecular weight excluding hydrogens is 204 g/mol. The van der Waals surface area contributed by atoms with E-state index in [4.69, 9.17) is 11.6 Å². The Kier molecular flexibility index (Phi) is 3.77. The van der Waals surface area contributed by atoms with E-state index in [1.807, 2.05) is 19.2 Å². The van der Waals surface area contributed by atoms with Gasteiger partial charge in [-0.1, -0.05) is 31.9 Å². The molecule has 13 heavy (non-hydrogen) atoms. The zero-order valence-corrected chi connectivity index (χ0v) is 9.75. The van der Waals surface area contributed by atoms with Gasteiger partial charge in [0, 0.05) is 0 Å². The molecular formula is C10H15ClOS. The van der Waals surface area contributed by atoms with Crippen LogP contribution in [0.25, 0.3) is 0 Å². The van der Waals surface area contributed by atoms with Crippen molar-refractivity contribution in [1.29, 1.82) is 0 Å². The van der Waals surface area contributed by atoms with E-state index >= 15 is 0 Å².